The third-order valence-corrected chi connectivity index (χ3v) is 5.59. The van der Waals surface area contributed by atoms with E-state index in [-0.39, 0.29) is 6.61 Å². The average molecular weight is 399 g/mol. The number of hydrogen-bond donors (Lipinski definition) is 3. The molecule has 0 aliphatic carbocycles. The molecule has 0 bridgehead atoms. The number of hydrogen-bond acceptors (Lipinski definition) is 6. The molecule has 0 aliphatic rings. The van der Waals surface area contributed by atoms with E-state index in [0.717, 1.165) is 26.4 Å². The summed E-state index contributed by atoms with van der Waals surface area (Å²) in [4.78, 5) is 8.85. The Morgan fingerprint density at radius 2 is 1.96 bits per heavy atom. The molecule has 0 saturated heterocycles. The molecule has 0 aliphatic heterocycles. The van der Waals surface area contributed by atoms with Crippen molar-refractivity contribution >= 4 is 22.9 Å². The molecule has 3 N–H and O–H groups in total. The van der Waals surface area contributed by atoms with Gasteiger partial charge in [0.25, 0.3) is 0 Å². The van der Waals surface area contributed by atoms with Crippen LogP contribution in [0.5, 0.6) is 0 Å². The van der Waals surface area contributed by atoms with Gasteiger partial charge in [0.15, 0.2) is 5.82 Å². The fraction of sp³-hybridized carbons (Fsp3) is 0.105. The first kappa shape index (κ1) is 17.8. The smallest absolute Gasteiger partial charge is 0.171 e. The third-order valence-electron chi connectivity index (χ3n) is 4.14. The number of nitrogens with one attached hydrogen (secondary N) is 1. The number of aliphatic hydroxyl groups excluding tert-OH is 2. The fourth-order valence-corrected chi connectivity index (χ4v) is 4.06. The van der Waals surface area contributed by atoms with Gasteiger partial charge in [0.1, 0.15) is 12.4 Å². The minimum absolute atomic E-state index is 0.131. The van der Waals surface area contributed by atoms with Crippen molar-refractivity contribution in [2.24, 2.45) is 0 Å². The Balaban J connectivity index is 1.82. The van der Waals surface area contributed by atoms with Gasteiger partial charge in [-0.05, 0) is 41.5 Å². The zero-order valence-electron chi connectivity index (χ0n) is 14.0. The number of thiophene rings is 1. The summed E-state index contributed by atoms with van der Waals surface area (Å²) < 4.78 is 0. The van der Waals surface area contributed by atoms with E-state index in [1.54, 1.807) is 30.5 Å². The monoisotopic (exact) mass is 398 g/mol. The maximum absolute atomic E-state index is 11.0. The number of H-pyrrole nitrogens is 1. The van der Waals surface area contributed by atoms with Gasteiger partial charge in [-0.3, -0.25) is 4.98 Å². The van der Waals surface area contributed by atoms with E-state index in [9.17, 15) is 10.2 Å². The van der Waals surface area contributed by atoms with E-state index < -0.39 is 6.10 Å². The Labute approximate surface area is 164 Å². The zero-order valence-corrected chi connectivity index (χ0v) is 15.6. The van der Waals surface area contributed by atoms with Gasteiger partial charge in [-0.2, -0.15) is 0 Å². The molecule has 6 nitrogen and oxygen atoms in total. The minimum Gasteiger partial charge on any atom is -0.390 e. The van der Waals surface area contributed by atoms with Gasteiger partial charge in [-0.15, -0.1) is 21.5 Å². The van der Waals surface area contributed by atoms with Crippen LogP contribution in [0.4, 0.5) is 0 Å². The normalized spacial score (nSPS) is 12.3. The van der Waals surface area contributed by atoms with Crippen molar-refractivity contribution in [3.05, 3.63) is 76.8 Å². The lowest BCUT2D eigenvalue weighted by Crippen LogP contribution is -2.00. The Morgan fingerprint density at radius 1 is 1.15 bits per heavy atom. The van der Waals surface area contributed by atoms with Crippen molar-refractivity contribution in [1.82, 2.24) is 20.2 Å². The van der Waals surface area contributed by atoms with E-state index in [4.69, 9.17) is 11.6 Å². The van der Waals surface area contributed by atoms with Crippen molar-refractivity contribution in [3.8, 4) is 21.1 Å². The number of aromatic amines is 1. The quantitative estimate of drug-likeness (QED) is 0.475. The van der Waals surface area contributed by atoms with Gasteiger partial charge in [0, 0.05) is 21.7 Å². The Bertz CT molecular complexity index is 1050. The topological polar surface area (TPSA) is 94.9 Å². The number of rotatable bonds is 5. The molecule has 0 saturated carbocycles. The molecule has 1 aromatic carbocycles. The van der Waals surface area contributed by atoms with Gasteiger partial charge in [-0.1, -0.05) is 23.7 Å². The van der Waals surface area contributed by atoms with Crippen LogP contribution < -0.4 is 0 Å². The largest absolute Gasteiger partial charge is 0.390 e. The number of nitrogens with zero attached hydrogens (tertiary/aromatic N) is 3. The van der Waals surface area contributed by atoms with Crippen molar-refractivity contribution in [2.75, 3.05) is 0 Å². The predicted octanol–water partition coefficient (Wildman–Crippen LogP) is 3.82. The Hall–Kier alpha value is -2.58. The van der Waals surface area contributed by atoms with Crippen LogP contribution in [0.3, 0.4) is 0 Å². The summed E-state index contributed by atoms with van der Waals surface area (Å²) in [6.45, 7) is -0.131. The van der Waals surface area contributed by atoms with E-state index in [1.807, 2.05) is 18.2 Å². The molecule has 1 atom stereocenters. The first-order chi connectivity index (χ1) is 13.2. The first-order valence-electron chi connectivity index (χ1n) is 8.15. The van der Waals surface area contributed by atoms with Gasteiger partial charge in [0.05, 0.1) is 17.2 Å². The highest BCUT2D eigenvalue weighted by molar-refractivity contribution is 7.19. The fourth-order valence-electron chi connectivity index (χ4n) is 2.79. The van der Waals surface area contributed by atoms with Crippen molar-refractivity contribution in [2.45, 2.75) is 12.7 Å². The van der Waals surface area contributed by atoms with E-state index in [0.29, 0.717) is 16.5 Å². The highest BCUT2D eigenvalue weighted by Crippen LogP contribution is 2.41. The van der Waals surface area contributed by atoms with Crippen LogP contribution in [0.15, 0.2) is 55.0 Å². The average Bonchev–Trinajstić information content (AvgIpc) is 3.38. The van der Waals surface area contributed by atoms with Gasteiger partial charge < -0.3 is 15.2 Å². The maximum Gasteiger partial charge on any atom is 0.171 e. The molecule has 4 aromatic rings. The predicted molar refractivity (Wildman–Crippen MR) is 104 cm³/mol. The van der Waals surface area contributed by atoms with Crippen molar-refractivity contribution in [1.29, 1.82) is 0 Å². The number of benzene rings is 1. The van der Waals surface area contributed by atoms with Crippen LogP contribution in [0.2, 0.25) is 5.02 Å². The lowest BCUT2D eigenvalue weighted by molar-refractivity contribution is 0.221. The SMILES string of the molecule is OCc1cc(-c2cc(C(O)c3ccc(Cl)cc3)c(-c3nnc[nH]3)s2)ccn1. The molecular formula is C19H15ClN4O2S. The molecular weight excluding hydrogens is 384 g/mol. The lowest BCUT2D eigenvalue weighted by atomic mass is 10.0. The lowest BCUT2D eigenvalue weighted by Gasteiger charge is -2.11. The summed E-state index contributed by atoms with van der Waals surface area (Å²) in [5.74, 6) is 0.589. The van der Waals surface area contributed by atoms with Crippen LogP contribution in [-0.4, -0.2) is 30.4 Å². The number of aromatic nitrogens is 4. The molecule has 0 spiro atoms. The minimum atomic E-state index is -0.841. The zero-order chi connectivity index (χ0) is 18.8. The van der Waals surface area contributed by atoms with E-state index in [1.165, 1.54) is 17.7 Å². The number of halogens is 1. The summed E-state index contributed by atoms with van der Waals surface area (Å²) in [5.41, 5.74) is 2.95. The van der Waals surface area contributed by atoms with Gasteiger partial charge in [-0.25, -0.2) is 0 Å². The highest BCUT2D eigenvalue weighted by Gasteiger charge is 2.22. The molecule has 0 radical (unpaired) electrons. The maximum atomic E-state index is 11.0. The van der Waals surface area contributed by atoms with Crippen LogP contribution >= 0.6 is 22.9 Å². The van der Waals surface area contributed by atoms with Crippen molar-refractivity contribution < 1.29 is 10.2 Å². The second-order valence-corrected chi connectivity index (χ2v) is 7.37. The molecule has 136 valence electrons. The summed E-state index contributed by atoms with van der Waals surface area (Å²) in [6, 6.07) is 12.7. The molecule has 1 unspecified atom stereocenters. The van der Waals surface area contributed by atoms with Crippen LogP contribution in [0, 0.1) is 0 Å². The molecule has 3 heterocycles. The van der Waals surface area contributed by atoms with Gasteiger partial charge in [0.2, 0.25) is 0 Å². The highest BCUT2D eigenvalue weighted by atomic mass is 35.5. The Morgan fingerprint density at radius 3 is 2.67 bits per heavy atom. The van der Waals surface area contributed by atoms with Gasteiger partial charge >= 0.3 is 0 Å². The molecule has 3 aromatic heterocycles. The Kier molecular flexibility index (Phi) is 5.00. The van der Waals surface area contributed by atoms with E-state index >= 15 is 0 Å². The molecule has 27 heavy (non-hydrogen) atoms. The standard InChI is InChI=1S/C19H15ClN4O2S/c20-13-3-1-11(2-4-13)17(26)15-8-16(12-5-6-21-14(7-12)9-25)27-18(15)19-22-10-23-24-19/h1-8,10,17,25-26H,9H2,(H,22,23,24). The molecule has 8 heteroatoms. The summed E-state index contributed by atoms with van der Waals surface area (Å²) >= 11 is 7.44. The molecule has 0 fully saturated rings. The van der Waals surface area contributed by atoms with Crippen LogP contribution in [0.25, 0.3) is 21.1 Å². The van der Waals surface area contributed by atoms with Crippen molar-refractivity contribution in [3.63, 3.8) is 0 Å². The number of aliphatic hydroxyl groups is 2. The summed E-state index contributed by atoms with van der Waals surface area (Å²) in [6.07, 6.45) is 2.32. The summed E-state index contributed by atoms with van der Waals surface area (Å²) in [7, 11) is 0. The van der Waals surface area contributed by atoms with Crippen LogP contribution in [-0.2, 0) is 6.61 Å². The number of pyridine rings is 1. The van der Waals surface area contributed by atoms with Crippen LogP contribution in [0.1, 0.15) is 22.9 Å². The summed E-state index contributed by atoms with van der Waals surface area (Å²) in [5, 5.41) is 28.9. The second-order valence-electron chi connectivity index (χ2n) is 5.88. The van der Waals surface area contributed by atoms with E-state index in [2.05, 4.69) is 20.2 Å². The third kappa shape index (κ3) is 3.63. The first-order valence-corrected chi connectivity index (χ1v) is 9.35. The molecule has 4 rings (SSSR count). The second kappa shape index (κ2) is 7.58. The molecule has 0 amide bonds.